The Morgan fingerprint density at radius 3 is 2.77 bits per heavy atom. The lowest BCUT2D eigenvalue weighted by atomic mass is 10.4. The van der Waals surface area contributed by atoms with E-state index >= 15 is 0 Å². The first kappa shape index (κ1) is 8.25. The van der Waals surface area contributed by atoms with Gasteiger partial charge in [-0.05, 0) is 12.8 Å². The van der Waals surface area contributed by atoms with Crippen LogP contribution in [0.15, 0.2) is 15.7 Å². The number of rotatable bonds is 3. The predicted octanol–water partition coefficient (Wildman–Crippen LogP) is -0.685. The fourth-order valence-electron chi connectivity index (χ4n) is 1.16. The minimum absolute atomic E-state index is 0.351. The molecule has 0 unspecified atom stereocenters. The van der Waals surface area contributed by atoms with Crippen LogP contribution >= 0.6 is 0 Å². The molecule has 1 aromatic heterocycles. The molecule has 70 valence electrons. The zero-order valence-corrected chi connectivity index (χ0v) is 7.09. The average Bonchev–Trinajstić information content (AvgIpc) is 2.81. The summed E-state index contributed by atoms with van der Waals surface area (Å²) in [5, 5.41) is 3.20. The quantitative estimate of drug-likeness (QED) is 0.578. The van der Waals surface area contributed by atoms with Gasteiger partial charge in [0.1, 0.15) is 0 Å². The van der Waals surface area contributed by atoms with Crippen LogP contribution in [-0.2, 0) is 6.54 Å². The van der Waals surface area contributed by atoms with Gasteiger partial charge in [-0.25, -0.2) is 4.79 Å². The van der Waals surface area contributed by atoms with Crippen LogP contribution in [0.1, 0.15) is 18.5 Å². The fourth-order valence-corrected chi connectivity index (χ4v) is 1.16. The monoisotopic (exact) mass is 181 g/mol. The Bertz CT molecular complexity index is 374. The van der Waals surface area contributed by atoms with Crippen molar-refractivity contribution in [3.05, 3.63) is 32.6 Å². The molecule has 1 aliphatic carbocycles. The first-order valence-electron chi connectivity index (χ1n) is 4.30. The smallest absolute Gasteiger partial charge is 0.310 e. The largest absolute Gasteiger partial charge is 0.325 e. The summed E-state index contributed by atoms with van der Waals surface area (Å²) < 4.78 is 0. The summed E-state index contributed by atoms with van der Waals surface area (Å²) >= 11 is 0. The summed E-state index contributed by atoms with van der Waals surface area (Å²) in [6, 6.07) is 1.97. The molecular weight excluding hydrogens is 170 g/mol. The zero-order chi connectivity index (χ0) is 9.26. The maximum absolute atomic E-state index is 10.9. The SMILES string of the molecule is O=c1cc(CNC2CC2)[nH]c(=O)[nH]1. The van der Waals surface area contributed by atoms with Crippen molar-refractivity contribution >= 4 is 0 Å². The Balaban J connectivity index is 2.09. The van der Waals surface area contributed by atoms with Gasteiger partial charge in [-0.2, -0.15) is 0 Å². The van der Waals surface area contributed by atoms with Gasteiger partial charge in [-0.1, -0.05) is 0 Å². The summed E-state index contributed by atoms with van der Waals surface area (Å²) in [6.07, 6.45) is 2.38. The number of hydrogen-bond donors (Lipinski definition) is 3. The molecule has 1 aromatic rings. The highest BCUT2D eigenvalue weighted by Gasteiger charge is 2.19. The lowest BCUT2D eigenvalue weighted by Gasteiger charge is -2.00. The van der Waals surface area contributed by atoms with Gasteiger partial charge in [-0.3, -0.25) is 9.78 Å². The van der Waals surface area contributed by atoms with E-state index in [0.29, 0.717) is 18.3 Å². The van der Waals surface area contributed by atoms with E-state index in [1.807, 2.05) is 0 Å². The van der Waals surface area contributed by atoms with E-state index in [0.717, 1.165) is 0 Å². The van der Waals surface area contributed by atoms with Crippen molar-refractivity contribution in [1.82, 2.24) is 15.3 Å². The molecule has 1 fully saturated rings. The number of H-pyrrole nitrogens is 2. The molecule has 0 aromatic carbocycles. The van der Waals surface area contributed by atoms with E-state index in [4.69, 9.17) is 0 Å². The first-order chi connectivity index (χ1) is 6.24. The summed E-state index contributed by atoms with van der Waals surface area (Å²) in [4.78, 5) is 26.4. The van der Waals surface area contributed by atoms with Gasteiger partial charge < -0.3 is 10.3 Å². The average molecular weight is 181 g/mol. The molecule has 3 N–H and O–H groups in total. The molecule has 1 aliphatic rings. The standard InChI is InChI=1S/C8H11N3O2/c12-7-3-6(10-8(13)11-7)4-9-5-1-2-5/h3,5,9H,1-2,4H2,(H2,10,11,12,13). The molecule has 0 saturated heterocycles. The second kappa shape index (κ2) is 3.18. The normalized spacial score (nSPS) is 16.0. The molecule has 13 heavy (non-hydrogen) atoms. The molecule has 1 saturated carbocycles. The van der Waals surface area contributed by atoms with Crippen molar-refractivity contribution in [1.29, 1.82) is 0 Å². The summed E-state index contributed by atoms with van der Waals surface area (Å²) in [6.45, 7) is 0.559. The maximum Gasteiger partial charge on any atom is 0.325 e. The Labute approximate surface area is 74.2 Å². The molecule has 5 heteroatoms. The van der Waals surface area contributed by atoms with E-state index in [9.17, 15) is 9.59 Å². The van der Waals surface area contributed by atoms with Crippen molar-refractivity contribution in [2.75, 3.05) is 0 Å². The van der Waals surface area contributed by atoms with E-state index < -0.39 is 5.69 Å². The Morgan fingerprint density at radius 1 is 1.38 bits per heavy atom. The van der Waals surface area contributed by atoms with Gasteiger partial charge in [0.2, 0.25) is 0 Å². The molecule has 0 spiro atoms. The third-order valence-electron chi connectivity index (χ3n) is 1.97. The predicted molar refractivity (Wildman–Crippen MR) is 47.5 cm³/mol. The minimum Gasteiger partial charge on any atom is -0.310 e. The second-order valence-electron chi connectivity index (χ2n) is 3.27. The minimum atomic E-state index is -0.444. The van der Waals surface area contributed by atoms with Crippen LogP contribution in [0, 0.1) is 0 Å². The molecule has 5 nitrogen and oxygen atoms in total. The van der Waals surface area contributed by atoms with Gasteiger partial charge in [0.15, 0.2) is 0 Å². The number of aromatic amines is 2. The second-order valence-corrected chi connectivity index (χ2v) is 3.27. The first-order valence-corrected chi connectivity index (χ1v) is 4.30. The third-order valence-corrected chi connectivity index (χ3v) is 1.97. The van der Waals surface area contributed by atoms with Gasteiger partial charge in [0.25, 0.3) is 5.56 Å². The van der Waals surface area contributed by atoms with Crippen molar-refractivity contribution in [2.45, 2.75) is 25.4 Å². The van der Waals surface area contributed by atoms with Crippen molar-refractivity contribution < 1.29 is 0 Å². The summed E-state index contributed by atoms with van der Waals surface area (Å²) in [5.74, 6) is 0. The highest BCUT2D eigenvalue weighted by Crippen LogP contribution is 2.18. The molecule has 0 radical (unpaired) electrons. The van der Waals surface area contributed by atoms with Crippen LogP contribution in [0.4, 0.5) is 0 Å². The van der Waals surface area contributed by atoms with Gasteiger partial charge in [-0.15, -0.1) is 0 Å². The Morgan fingerprint density at radius 2 is 2.15 bits per heavy atom. The van der Waals surface area contributed by atoms with Gasteiger partial charge >= 0.3 is 5.69 Å². The van der Waals surface area contributed by atoms with Crippen LogP contribution < -0.4 is 16.6 Å². The molecule has 2 rings (SSSR count). The summed E-state index contributed by atoms with van der Waals surface area (Å²) in [7, 11) is 0. The van der Waals surface area contributed by atoms with Crippen LogP contribution in [0.3, 0.4) is 0 Å². The van der Waals surface area contributed by atoms with E-state index in [-0.39, 0.29) is 5.56 Å². The molecule has 0 amide bonds. The third kappa shape index (κ3) is 2.29. The molecule has 0 bridgehead atoms. The number of nitrogens with one attached hydrogen (secondary N) is 3. The van der Waals surface area contributed by atoms with Crippen molar-refractivity contribution in [3.63, 3.8) is 0 Å². The van der Waals surface area contributed by atoms with Crippen LogP contribution in [-0.4, -0.2) is 16.0 Å². The van der Waals surface area contributed by atoms with Crippen molar-refractivity contribution in [3.8, 4) is 0 Å². The lowest BCUT2D eigenvalue weighted by Crippen LogP contribution is -2.26. The van der Waals surface area contributed by atoms with Crippen LogP contribution in [0.5, 0.6) is 0 Å². The fraction of sp³-hybridized carbons (Fsp3) is 0.500. The zero-order valence-electron chi connectivity index (χ0n) is 7.09. The molecular formula is C8H11N3O2. The lowest BCUT2D eigenvalue weighted by molar-refractivity contribution is 0.668. The highest BCUT2D eigenvalue weighted by molar-refractivity contribution is 4.99. The van der Waals surface area contributed by atoms with Gasteiger partial charge in [0, 0.05) is 24.3 Å². The van der Waals surface area contributed by atoms with Crippen LogP contribution in [0.2, 0.25) is 0 Å². The maximum atomic E-state index is 10.9. The number of aromatic nitrogens is 2. The summed E-state index contributed by atoms with van der Waals surface area (Å²) in [5.41, 5.74) is -0.155. The topological polar surface area (TPSA) is 77.8 Å². The van der Waals surface area contributed by atoms with E-state index in [1.165, 1.54) is 18.9 Å². The Kier molecular flexibility index (Phi) is 2.02. The van der Waals surface area contributed by atoms with E-state index in [1.54, 1.807) is 0 Å². The Hall–Kier alpha value is -1.36. The highest BCUT2D eigenvalue weighted by atomic mass is 16.2. The van der Waals surface area contributed by atoms with Crippen LogP contribution in [0.25, 0.3) is 0 Å². The van der Waals surface area contributed by atoms with E-state index in [2.05, 4.69) is 15.3 Å². The molecule has 1 heterocycles. The number of hydrogen-bond acceptors (Lipinski definition) is 3. The molecule has 0 aliphatic heterocycles. The van der Waals surface area contributed by atoms with Crippen molar-refractivity contribution in [2.24, 2.45) is 0 Å². The van der Waals surface area contributed by atoms with Gasteiger partial charge in [0.05, 0.1) is 0 Å². The molecule has 0 atom stereocenters.